The van der Waals surface area contributed by atoms with E-state index in [1.54, 1.807) is 0 Å². The zero-order valence-corrected chi connectivity index (χ0v) is 9.60. The maximum atomic E-state index is 13.2. The summed E-state index contributed by atoms with van der Waals surface area (Å²) < 4.78 is 23.4. The number of aromatic nitrogens is 2. The van der Waals surface area contributed by atoms with Gasteiger partial charge in [0, 0.05) is 19.6 Å². The number of methoxy groups -OCH3 is 1. The molecule has 0 aromatic carbocycles. The van der Waals surface area contributed by atoms with Crippen molar-refractivity contribution >= 4 is 5.95 Å². The number of hydrogen-bond donors (Lipinski definition) is 1. The van der Waals surface area contributed by atoms with E-state index in [0.29, 0.717) is 32.2 Å². The molecular formula is C10H15FN4O2. The second-order valence-corrected chi connectivity index (χ2v) is 3.70. The van der Waals surface area contributed by atoms with Crippen LogP contribution in [0.2, 0.25) is 0 Å². The molecule has 17 heavy (non-hydrogen) atoms. The second-order valence-electron chi connectivity index (χ2n) is 3.70. The van der Waals surface area contributed by atoms with Gasteiger partial charge in [0.25, 0.3) is 5.88 Å². The van der Waals surface area contributed by atoms with Crippen molar-refractivity contribution in [1.82, 2.24) is 9.97 Å². The zero-order chi connectivity index (χ0) is 12.3. The van der Waals surface area contributed by atoms with Crippen molar-refractivity contribution in [2.24, 2.45) is 5.73 Å². The molecule has 2 rings (SSSR count). The molecule has 6 nitrogen and oxygen atoms in total. The number of ether oxygens (including phenoxy) is 2. The lowest BCUT2D eigenvalue weighted by Crippen LogP contribution is -2.46. The zero-order valence-electron chi connectivity index (χ0n) is 9.60. The number of halogens is 1. The summed E-state index contributed by atoms with van der Waals surface area (Å²) in [5.74, 6) is -0.185. The number of anilines is 1. The molecule has 1 atom stereocenters. The first kappa shape index (κ1) is 12.0. The first-order chi connectivity index (χ1) is 8.24. The minimum atomic E-state index is -0.570. The fourth-order valence-electron chi connectivity index (χ4n) is 1.68. The van der Waals surface area contributed by atoms with E-state index in [4.69, 9.17) is 15.2 Å². The maximum absolute atomic E-state index is 13.2. The van der Waals surface area contributed by atoms with E-state index in [9.17, 15) is 4.39 Å². The van der Waals surface area contributed by atoms with Gasteiger partial charge in [-0.05, 0) is 0 Å². The Morgan fingerprint density at radius 2 is 2.53 bits per heavy atom. The molecule has 0 bridgehead atoms. The highest BCUT2D eigenvalue weighted by atomic mass is 19.1. The minimum absolute atomic E-state index is 0.0385. The Morgan fingerprint density at radius 3 is 3.24 bits per heavy atom. The molecule has 94 valence electrons. The van der Waals surface area contributed by atoms with Crippen LogP contribution in [0, 0.1) is 5.82 Å². The van der Waals surface area contributed by atoms with Crippen LogP contribution in [-0.2, 0) is 4.74 Å². The molecule has 0 aliphatic carbocycles. The smallest absolute Gasteiger partial charge is 0.255 e. The average molecular weight is 242 g/mol. The highest BCUT2D eigenvalue weighted by Gasteiger charge is 2.22. The Labute approximate surface area is 98.5 Å². The van der Waals surface area contributed by atoms with Crippen LogP contribution in [0.4, 0.5) is 10.3 Å². The van der Waals surface area contributed by atoms with Crippen molar-refractivity contribution in [3.8, 4) is 5.88 Å². The summed E-state index contributed by atoms with van der Waals surface area (Å²) in [6, 6.07) is 0. The molecule has 1 aromatic heterocycles. The topological polar surface area (TPSA) is 73.5 Å². The minimum Gasteiger partial charge on any atom is -0.479 e. The molecule has 1 fully saturated rings. The van der Waals surface area contributed by atoms with Gasteiger partial charge in [0.1, 0.15) is 0 Å². The van der Waals surface area contributed by atoms with Crippen molar-refractivity contribution in [2.45, 2.75) is 6.10 Å². The number of rotatable bonds is 3. The molecule has 1 unspecified atom stereocenters. The van der Waals surface area contributed by atoms with Crippen LogP contribution in [0.5, 0.6) is 5.88 Å². The van der Waals surface area contributed by atoms with Crippen molar-refractivity contribution in [1.29, 1.82) is 0 Å². The Hall–Kier alpha value is -1.47. The Kier molecular flexibility index (Phi) is 3.70. The average Bonchev–Trinajstić information content (AvgIpc) is 2.39. The van der Waals surface area contributed by atoms with Crippen LogP contribution in [0.3, 0.4) is 0 Å². The van der Waals surface area contributed by atoms with Crippen LogP contribution in [0.25, 0.3) is 0 Å². The Bertz CT molecular complexity index is 391. The van der Waals surface area contributed by atoms with Crippen molar-refractivity contribution in [3.63, 3.8) is 0 Å². The molecule has 0 saturated carbocycles. The fraction of sp³-hybridized carbons (Fsp3) is 0.600. The molecule has 1 aliphatic rings. The van der Waals surface area contributed by atoms with Crippen LogP contribution in [-0.4, -0.2) is 49.4 Å². The molecule has 1 aromatic rings. The van der Waals surface area contributed by atoms with Crippen molar-refractivity contribution < 1.29 is 13.9 Å². The summed E-state index contributed by atoms with van der Waals surface area (Å²) in [6.45, 7) is 2.26. The fourth-order valence-corrected chi connectivity index (χ4v) is 1.68. The molecule has 0 amide bonds. The molecule has 7 heteroatoms. The van der Waals surface area contributed by atoms with Crippen LogP contribution < -0.4 is 15.4 Å². The number of nitrogens with zero attached hydrogens (tertiary/aromatic N) is 3. The summed E-state index contributed by atoms with van der Waals surface area (Å²) >= 11 is 0. The predicted molar refractivity (Wildman–Crippen MR) is 59.5 cm³/mol. The molecular weight excluding hydrogens is 227 g/mol. The van der Waals surface area contributed by atoms with E-state index in [0.717, 1.165) is 6.20 Å². The first-order valence-corrected chi connectivity index (χ1v) is 5.37. The monoisotopic (exact) mass is 242 g/mol. The summed E-state index contributed by atoms with van der Waals surface area (Å²) in [5, 5.41) is 0. The van der Waals surface area contributed by atoms with E-state index in [1.165, 1.54) is 7.11 Å². The van der Waals surface area contributed by atoms with E-state index in [1.807, 2.05) is 4.90 Å². The SMILES string of the molecule is COc1nc(N2CCOC(CN)C2)ncc1F. The summed E-state index contributed by atoms with van der Waals surface area (Å²) in [7, 11) is 1.37. The lowest BCUT2D eigenvalue weighted by Gasteiger charge is -2.32. The van der Waals surface area contributed by atoms with Crippen molar-refractivity contribution in [2.75, 3.05) is 38.3 Å². The van der Waals surface area contributed by atoms with Gasteiger partial charge in [-0.15, -0.1) is 0 Å². The molecule has 2 N–H and O–H groups in total. The molecule has 2 heterocycles. The highest BCUT2D eigenvalue weighted by Crippen LogP contribution is 2.18. The molecule has 1 saturated heterocycles. The largest absolute Gasteiger partial charge is 0.479 e. The van der Waals surface area contributed by atoms with E-state index in [2.05, 4.69) is 9.97 Å². The third kappa shape index (κ3) is 2.62. The van der Waals surface area contributed by atoms with Gasteiger partial charge in [-0.1, -0.05) is 0 Å². The van der Waals surface area contributed by atoms with Crippen molar-refractivity contribution in [3.05, 3.63) is 12.0 Å². The first-order valence-electron chi connectivity index (χ1n) is 5.37. The Morgan fingerprint density at radius 1 is 1.71 bits per heavy atom. The van der Waals surface area contributed by atoms with E-state index in [-0.39, 0.29) is 12.0 Å². The van der Waals surface area contributed by atoms with E-state index >= 15 is 0 Å². The van der Waals surface area contributed by atoms with E-state index < -0.39 is 5.82 Å². The third-order valence-corrected chi connectivity index (χ3v) is 2.58. The van der Waals surface area contributed by atoms with Crippen LogP contribution >= 0.6 is 0 Å². The molecule has 0 spiro atoms. The third-order valence-electron chi connectivity index (χ3n) is 2.58. The highest BCUT2D eigenvalue weighted by molar-refractivity contribution is 5.33. The normalized spacial score (nSPS) is 20.4. The van der Waals surface area contributed by atoms with Gasteiger partial charge < -0.3 is 20.1 Å². The lowest BCUT2D eigenvalue weighted by atomic mass is 10.3. The second kappa shape index (κ2) is 5.24. The maximum Gasteiger partial charge on any atom is 0.255 e. The lowest BCUT2D eigenvalue weighted by molar-refractivity contribution is 0.0459. The predicted octanol–water partition coefficient (Wildman–Crippen LogP) is -0.212. The quantitative estimate of drug-likeness (QED) is 0.790. The Balaban J connectivity index is 2.16. The van der Waals surface area contributed by atoms with Gasteiger partial charge in [-0.3, -0.25) is 0 Å². The standard InChI is InChI=1S/C10H15FN4O2/c1-16-9-8(11)5-13-10(14-9)15-2-3-17-7(4-12)6-15/h5,7H,2-4,6,12H2,1H3. The van der Waals surface area contributed by atoms with Gasteiger partial charge in [-0.25, -0.2) is 4.98 Å². The van der Waals surface area contributed by atoms with Gasteiger partial charge in [0.2, 0.25) is 11.8 Å². The summed E-state index contributed by atoms with van der Waals surface area (Å²) in [6.07, 6.45) is 1.07. The van der Waals surface area contributed by atoms with Crippen LogP contribution in [0.1, 0.15) is 0 Å². The number of nitrogens with two attached hydrogens (primary N) is 1. The summed E-state index contributed by atoms with van der Waals surface area (Å²) in [4.78, 5) is 9.85. The summed E-state index contributed by atoms with van der Waals surface area (Å²) in [5.41, 5.74) is 5.55. The molecule has 1 aliphatic heterocycles. The number of hydrogen-bond acceptors (Lipinski definition) is 6. The molecule has 0 radical (unpaired) electrons. The van der Waals surface area contributed by atoms with Gasteiger partial charge >= 0.3 is 0 Å². The van der Waals surface area contributed by atoms with Gasteiger partial charge in [0.15, 0.2) is 0 Å². The van der Waals surface area contributed by atoms with Gasteiger partial charge in [0.05, 0.1) is 26.0 Å². The number of morpholine rings is 1. The van der Waals surface area contributed by atoms with Crippen LogP contribution in [0.15, 0.2) is 6.20 Å². The van der Waals surface area contributed by atoms with Gasteiger partial charge in [-0.2, -0.15) is 9.37 Å².